The van der Waals surface area contributed by atoms with Gasteiger partial charge in [0.15, 0.2) is 0 Å². The van der Waals surface area contributed by atoms with Crippen molar-refractivity contribution >= 4 is 23.3 Å². The van der Waals surface area contributed by atoms with Crippen molar-refractivity contribution in [2.24, 2.45) is 0 Å². The number of aliphatic hydroxyl groups is 1. The highest BCUT2D eigenvalue weighted by molar-refractivity contribution is 7.12. The van der Waals surface area contributed by atoms with Gasteiger partial charge in [0, 0.05) is 23.7 Å². The SMILES string of the molecule is Cc1ncc(C=CC(=O)NCC2(O)CCC2)s1. The summed E-state index contributed by atoms with van der Waals surface area (Å²) in [6, 6.07) is 0. The number of aromatic nitrogens is 1. The molecule has 5 heteroatoms. The Kier molecular flexibility index (Phi) is 3.59. The van der Waals surface area contributed by atoms with Crippen LogP contribution in [0.2, 0.25) is 0 Å². The molecule has 0 atom stereocenters. The molecule has 0 bridgehead atoms. The summed E-state index contributed by atoms with van der Waals surface area (Å²) in [5.74, 6) is -0.170. The fourth-order valence-corrected chi connectivity index (χ4v) is 2.37. The first-order valence-corrected chi connectivity index (χ1v) is 6.50. The van der Waals surface area contributed by atoms with Gasteiger partial charge in [-0.2, -0.15) is 0 Å². The van der Waals surface area contributed by atoms with Crippen LogP contribution in [0.4, 0.5) is 0 Å². The normalized spacial score (nSPS) is 18.0. The van der Waals surface area contributed by atoms with Gasteiger partial charge in [-0.3, -0.25) is 4.79 Å². The molecule has 92 valence electrons. The standard InChI is InChI=1S/C12H16N2O2S/c1-9-13-7-10(17-9)3-4-11(15)14-8-12(16)5-2-6-12/h3-4,7,16H,2,5-6,8H2,1H3,(H,14,15). The molecule has 0 unspecified atom stereocenters. The molecule has 1 fully saturated rings. The van der Waals surface area contributed by atoms with Crippen molar-refractivity contribution in [3.8, 4) is 0 Å². The maximum Gasteiger partial charge on any atom is 0.244 e. The molecule has 1 aromatic rings. The number of hydrogen-bond donors (Lipinski definition) is 2. The van der Waals surface area contributed by atoms with Gasteiger partial charge in [-0.15, -0.1) is 11.3 Å². The van der Waals surface area contributed by atoms with E-state index in [2.05, 4.69) is 10.3 Å². The van der Waals surface area contributed by atoms with Crippen LogP contribution in [0, 0.1) is 6.92 Å². The number of aryl methyl sites for hydroxylation is 1. The van der Waals surface area contributed by atoms with E-state index in [0.717, 1.165) is 29.1 Å². The molecule has 1 amide bonds. The number of carbonyl (C=O) groups excluding carboxylic acids is 1. The maximum atomic E-state index is 11.5. The van der Waals surface area contributed by atoms with Gasteiger partial charge < -0.3 is 10.4 Å². The second kappa shape index (κ2) is 4.98. The van der Waals surface area contributed by atoms with Crippen molar-refractivity contribution in [2.45, 2.75) is 31.8 Å². The lowest BCUT2D eigenvalue weighted by atomic mass is 9.80. The molecule has 1 aromatic heterocycles. The minimum Gasteiger partial charge on any atom is -0.388 e. The van der Waals surface area contributed by atoms with Gasteiger partial charge in [-0.1, -0.05) is 0 Å². The van der Waals surface area contributed by atoms with E-state index in [9.17, 15) is 9.90 Å². The van der Waals surface area contributed by atoms with E-state index in [1.807, 2.05) is 6.92 Å². The summed E-state index contributed by atoms with van der Waals surface area (Å²) in [6.07, 6.45) is 7.57. The van der Waals surface area contributed by atoms with Crippen molar-refractivity contribution in [3.05, 3.63) is 22.2 Å². The fraction of sp³-hybridized carbons (Fsp3) is 0.500. The van der Waals surface area contributed by atoms with Gasteiger partial charge in [-0.25, -0.2) is 4.98 Å². The number of hydrogen-bond acceptors (Lipinski definition) is 4. The third-order valence-corrected chi connectivity index (χ3v) is 3.79. The number of nitrogens with one attached hydrogen (secondary N) is 1. The minimum absolute atomic E-state index is 0.170. The largest absolute Gasteiger partial charge is 0.388 e. The Balaban J connectivity index is 1.79. The van der Waals surface area contributed by atoms with Gasteiger partial charge in [-0.05, 0) is 32.3 Å². The Labute approximate surface area is 104 Å². The first kappa shape index (κ1) is 12.3. The van der Waals surface area contributed by atoms with E-state index in [0.29, 0.717) is 6.54 Å². The first-order chi connectivity index (χ1) is 8.07. The summed E-state index contributed by atoms with van der Waals surface area (Å²) in [5.41, 5.74) is -0.662. The molecule has 17 heavy (non-hydrogen) atoms. The van der Waals surface area contributed by atoms with Gasteiger partial charge in [0.05, 0.1) is 10.6 Å². The van der Waals surface area contributed by atoms with E-state index in [-0.39, 0.29) is 5.91 Å². The predicted molar refractivity (Wildman–Crippen MR) is 67.7 cm³/mol. The van der Waals surface area contributed by atoms with Crippen LogP contribution in [0.1, 0.15) is 29.1 Å². The van der Waals surface area contributed by atoms with Crippen molar-refractivity contribution in [2.75, 3.05) is 6.54 Å². The number of thiazole rings is 1. The number of amides is 1. The van der Waals surface area contributed by atoms with E-state index in [4.69, 9.17) is 0 Å². The van der Waals surface area contributed by atoms with E-state index < -0.39 is 5.60 Å². The quantitative estimate of drug-likeness (QED) is 0.798. The predicted octanol–water partition coefficient (Wildman–Crippen LogP) is 1.50. The number of nitrogens with zero attached hydrogens (tertiary/aromatic N) is 1. The molecule has 2 rings (SSSR count). The van der Waals surface area contributed by atoms with Crippen LogP contribution in [0.15, 0.2) is 12.3 Å². The summed E-state index contributed by atoms with van der Waals surface area (Å²) in [6.45, 7) is 2.27. The van der Waals surface area contributed by atoms with Crippen LogP contribution in [0.3, 0.4) is 0 Å². The van der Waals surface area contributed by atoms with E-state index >= 15 is 0 Å². The number of carbonyl (C=O) groups is 1. The maximum absolute atomic E-state index is 11.5. The Bertz CT molecular complexity index is 435. The lowest BCUT2D eigenvalue weighted by Crippen LogP contribution is -2.47. The summed E-state index contributed by atoms with van der Waals surface area (Å²) < 4.78 is 0. The van der Waals surface area contributed by atoms with Crippen LogP contribution in [-0.2, 0) is 4.79 Å². The van der Waals surface area contributed by atoms with Crippen molar-refractivity contribution < 1.29 is 9.90 Å². The molecule has 0 radical (unpaired) electrons. The molecule has 0 saturated heterocycles. The summed E-state index contributed by atoms with van der Waals surface area (Å²) >= 11 is 1.54. The zero-order chi connectivity index (χ0) is 12.3. The summed E-state index contributed by atoms with van der Waals surface area (Å²) in [5, 5.41) is 13.5. The monoisotopic (exact) mass is 252 g/mol. The van der Waals surface area contributed by atoms with Gasteiger partial charge >= 0.3 is 0 Å². The lowest BCUT2D eigenvalue weighted by Gasteiger charge is -2.36. The average Bonchev–Trinajstić information content (AvgIpc) is 2.67. The highest BCUT2D eigenvalue weighted by atomic mass is 32.1. The molecule has 4 nitrogen and oxygen atoms in total. The Hall–Kier alpha value is -1.20. The topological polar surface area (TPSA) is 62.2 Å². The van der Waals surface area contributed by atoms with Crippen LogP contribution >= 0.6 is 11.3 Å². The van der Waals surface area contributed by atoms with Gasteiger partial charge in [0.2, 0.25) is 5.91 Å². The zero-order valence-electron chi connectivity index (χ0n) is 9.77. The van der Waals surface area contributed by atoms with Crippen molar-refractivity contribution in [1.29, 1.82) is 0 Å². The highest BCUT2D eigenvalue weighted by Gasteiger charge is 2.34. The summed E-state index contributed by atoms with van der Waals surface area (Å²) in [7, 11) is 0. The third kappa shape index (κ3) is 3.38. The second-order valence-corrected chi connectivity index (χ2v) is 5.68. The molecule has 1 heterocycles. The van der Waals surface area contributed by atoms with Crippen molar-refractivity contribution in [3.63, 3.8) is 0 Å². The van der Waals surface area contributed by atoms with Gasteiger partial charge in [0.1, 0.15) is 0 Å². The second-order valence-electron chi connectivity index (χ2n) is 4.41. The van der Waals surface area contributed by atoms with Gasteiger partial charge in [0.25, 0.3) is 0 Å². The molecular weight excluding hydrogens is 236 g/mol. The molecule has 0 aliphatic heterocycles. The van der Waals surface area contributed by atoms with Crippen molar-refractivity contribution in [1.82, 2.24) is 10.3 Å². The fourth-order valence-electron chi connectivity index (χ4n) is 1.68. The molecule has 0 spiro atoms. The van der Waals surface area contributed by atoms with Crippen LogP contribution in [-0.4, -0.2) is 28.1 Å². The Morgan fingerprint density at radius 2 is 2.47 bits per heavy atom. The molecule has 1 saturated carbocycles. The smallest absolute Gasteiger partial charge is 0.244 e. The molecule has 2 N–H and O–H groups in total. The lowest BCUT2D eigenvalue weighted by molar-refractivity contribution is -0.118. The molecular formula is C12H16N2O2S. The van der Waals surface area contributed by atoms with E-state index in [1.54, 1.807) is 23.6 Å². The number of rotatable bonds is 4. The Morgan fingerprint density at radius 1 is 1.71 bits per heavy atom. The average molecular weight is 252 g/mol. The zero-order valence-corrected chi connectivity index (χ0v) is 10.6. The van der Waals surface area contributed by atoms with Crippen LogP contribution in [0.25, 0.3) is 6.08 Å². The third-order valence-electron chi connectivity index (χ3n) is 2.91. The molecule has 1 aliphatic carbocycles. The molecule has 0 aromatic carbocycles. The van der Waals surface area contributed by atoms with E-state index in [1.165, 1.54) is 6.08 Å². The first-order valence-electron chi connectivity index (χ1n) is 5.68. The highest BCUT2D eigenvalue weighted by Crippen LogP contribution is 2.30. The summed E-state index contributed by atoms with van der Waals surface area (Å²) in [4.78, 5) is 16.5. The molecule has 1 aliphatic rings. The van der Waals surface area contributed by atoms with Crippen LogP contribution in [0.5, 0.6) is 0 Å². The Morgan fingerprint density at radius 3 is 3.00 bits per heavy atom. The van der Waals surface area contributed by atoms with Crippen LogP contribution < -0.4 is 5.32 Å². The minimum atomic E-state index is -0.662.